The lowest BCUT2D eigenvalue weighted by Crippen LogP contribution is -2.25. The number of fused-ring (bicyclic) bond motifs is 1. The van der Waals surface area contributed by atoms with Gasteiger partial charge in [0.2, 0.25) is 5.95 Å². The highest BCUT2D eigenvalue weighted by atomic mass is 15.1. The molecule has 0 saturated carbocycles. The predicted octanol–water partition coefficient (Wildman–Crippen LogP) is 1.93. The minimum atomic E-state index is 0.665. The zero-order chi connectivity index (χ0) is 14.7. The second kappa shape index (κ2) is 6.20. The van der Waals surface area contributed by atoms with E-state index in [0.29, 0.717) is 5.95 Å². The second-order valence-corrected chi connectivity index (χ2v) is 5.65. The Kier molecular flexibility index (Phi) is 4.13. The Hall–Kier alpha value is -1.98. The van der Waals surface area contributed by atoms with Crippen molar-refractivity contribution >= 4 is 11.6 Å². The Balaban J connectivity index is 1.71. The summed E-state index contributed by atoms with van der Waals surface area (Å²) in [7, 11) is 4.14. The number of hydrogen-bond acceptors (Lipinski definition) is 5. The normalized spacial score (nSPS) is 14.0. The first-order valence-corrected chi connectivity index (χ1v) is 7.27. The van der Waals surface area contributed by atoms with Crippen LogP contribution in [0.1, 0.15) is 16.8 Å². The molecule has 2 N–H and O–H groups in total. The van der Waals surface area contributed by atoms with Crippen LogP contribution < -0.4 is 10.6 Å². The van der Waals surface area contributed by atoms with E-state index in [1.54, 1.807) is 0 Å². The average molecular weight is 283 g/mol. The van der Waals surface area contributed by atoms with Gasteiger partial charge < -0.3 is 15.5 Å². The molecule has 110 valence electrons. The van der Waals surface area contributed by atoms with Crippen molar-refractivity contribution in [2.45, 2.75) is 19.5 Å². The minimum absolute atomic E-state index is 0.665. The van der Waals surface area contributed by atoms with Gasteiger partial charge in [-0.1, -0.05) is 12.1 Å². The van der Waals surface area contributed by atoms with Gasteiger partial charge >= 0.3 is 0 Å². The fourth-order valence-electron chi connectivity index (χ4n) is 2.48. The van der Waals surface area contributed by atoms with Crippen molar-refractivity contribution in [3.05, 3.63) is 47.3 Å². The van der Waals surface area contributed by atoms with Crippen LogP contribution in [0.2, 0.25) is 0 Å². The molecule has 0 amide bonds. The van der Waals surface area contributed by atoms with Gasteiger partial charge in [-0.25, -0.2) is 9.97 Å². The SMILES string of the molecule is CN(C)Cc1ccc(Nc2ncc3c(n2)CNCC3)cc1. The molecule has 5 nitrogen and oxygen atoms in total. The summed E-state index contributed by atoms with van der Waals surface area (Å²) in [5.74, 6) is 0.665. The molecule has 0 bridgehead atoms. The van der Waals surface area contributed by atoms with Crippen LogP contribution in [-0.4, -0.2) is 35.5 Å². The Morgan fingerprint density at radius 2 is 2.05 bits per heavy atom. The molecule has 0 fully saturated rings. The predicted molar refractivity (Wildman–Crippen MR) is 84.6 cm³/mol. The number of nitrogens with one attached hydrogen (secondary N) is 2. The molecule has 2 heterocycles. The summed E-state index contributed by atoms with van der Waals surface area (Å²) >= 11 is 0. The molecule has 21 heavy (non-hydrogen) atoms. The number of hydrogen-bond donors (Lipinski definition) is 2. The molecule has 5 heteroatoms. The molecule has 1 aromatic carbocycles. The summed E-state index contributed by atoms with van der Waals surface area (Å²) in [4.78, 5) is 11.1. The number of benzene rings is 1. The van der Waals surface area contributed by atoms with E-state index in [0.717, 1.165) is 37.4 Å². The first kappa shape index (κ1) is 14.0. The lowest BCUT2D eigenvalue weighted by atomic mass is 10.1. The van der Waals surface area contributed by atoms with Crippen molar-refractivity contribution in [2.75, 3.05) is 26.0 Å². The van der Waals surface area contributed by atoms with Gasteiger partial charge in [0.25, 0.3) is 0 Å². The third kappa shape index (κ3) is 3.56. The van der Waals surface area contributed by atoms with Gasteiger partial charge in [0.1, 0.15) is 0 Å². The highest BCUT2D eigenvalue weighted by Crippen LogP contribution is 2.17. The summed E-state index contributed by atoms with van der Waals surface area (Å²) in [5.41, 5.74) is 4.66. The van der Waals surface area contributed by atoms with Crippen molar-refractivity contribution in [1.29, 1.82) is 0 Å². The Bertz CT molecular complexity index is 607. The molecule has 1 aliphatic heterocycles. The largest absolute Gasteiger partial charge is 0.324 e. The average Bonchev–Trinajstić information content (AvgIpc) is 2.49. The molecular weight excluding hydrogens is 262 g/mol. The lowest BCUT2D eigenvalue weighted by molar-refractivity contribution is 0.402. The van der Waals surface area contributed by atoms with E-state index in [4.69, 9.17) is 0 Å². The number of anilines is 2. The van der Waals surface area contributed by atoms with Gasteiger partial charge in [-0.2, -0.15) is 0 Å². The third-order valence-corrected chi connectivity index (χ3v) is 3.53. The summed E-state index contributed by atoms with van der Waals surface area (Å²) < 4.78 is 0. The molecule has 0 spiro atoms. The zero-order valence-corrected chi connectivity index (χ0v) is 12.6. The van der Waals surface area contributed by atoms with Gasteiger partial charge in [0.05, 0.1) is 5.69 Å². The molecule has 2 aromatic rings. The Morgan fingerprint density at radius 3 is 2.81 bits per heavy atom. The number of aromatic nitrogens is 2. The van der Waals surface area contributed by atoms with Crippen LogP contribution in [-0.2, 0) is 19.5 Å². The van der Waals surface area contributed by atoms with Gasteiger partial charge in [0, 0.05) is 25.0 Å². The quantitative estimate of drug-likeness (QED) is 0.898. The zero-order valence-electron chi connectivity index (χ0n) is 12.6. The van der Waals surface area contributed by atoms with Crippen molar-refractivity contribution in [3.63, 3.8) is 0 Å². The van der Waals surface area contributed by atoms with Crippen LogP contribution in [0, 0.1) is 0 Å². The summed E-state index contributed by atoms with van der Waals surface area (Å²) in [5, 5.41) is 6.61. The van der Waals surface area contributed by atoms with Crippen LogP contribution in [0.15, 0.2) is 30.5 Å². The highest BCUT2D eigenvalue weighted by Gasteiger charge is 2.11. The van der Waals surface area contributed by atoms with Crippen LogP contribution in [0.5, 0.6) is 0 Å². The summed E-state index contributed by atoms with van der Waals surface area (Å²) in [6, 6.07) is 8.39. The van der Waals surface area contributed by atoms with Gasteiger partial charge in [0.15, 0.2) is 0 Å². The molecule has 0 unspecified atom stereocenters. The molecule has 1 aliphatic rings. The van der Waals surface area contributed by atoms with Crippen molar-refractivity contribution in [1.82, 2.24) is 20.2 Å². The standard InChI is InChI=1S/C16H21N5/c1-21(2)11-12-3-5-14(6-4-12)19-16-18-9-13-7-8-17-10-15(13)20-16/h3-6,9,17H,7-8,10-11H2,1-2H3,(H,18,19,20). The lowest BCUT2D eigenvalue weighted by Gasteiger charge is -2.16. The highest BCUT2D eigenvalue weighted by molar-refractivity contribution is 5.53. The van der Waals surface area contributed by atoms with E-state index >= 15 is 0 Å². The van der Waals surface area contributed by atoms with E-state index in [9.17, 15) is 0 Å². The molecule has 1 aromatic heterocycles. The molecule has 0 saturated heterocycles. The molecule has 0 aliphatic carbocycles. The Labute approximate surface area is 125 Å². The van der Waals surface area contributed by atoms with Crippen LogP contribution in [0.3, 0.4) is 0 Å². The summed E-state index contributed by atoms with van der Waals surface area (Å²) in [6.07, 6.45) is 2.95. The first-order valence-electron chi connectivity index (χ1n) is 7.27. The van der Waals surface area contributed by atoms with Crippen LogP contribution >= 0.6 is 0 Å². The minimum Gasteiger partial charge on any atom is -0.324 e. The number of rotatable bonds is 4. The van der Waals surface area contributed by atoms with E-state index in [1.807, 2.05) is 6.20 Å². The smallest absolute Gasteiger partial charge is 0.227 e. The summed E-state index contributed by atoms with van der Waals surface area (Å²) in [6.45, 7) is 2.78. The monoisotopic (exact) mass is 283 g/mol. The first-order chi connectivity index (χ1) is 10.2. The fourth-order valence-corrected chi connectivity index (χ4v) is 2.48. The molecule has 0 radical (unpaired) electrons. The number of nitrogens with zero attached hydrogens (tertiary/aromatic N) is 3. The molecule has 3 rings (SSSR count). The van der Waals surface area contributed by atoms with Gasteiger partial charge in [-0.05, 0) is 50.3 Å². The van der Waals surface area contributed by atoms with Gasteiger partial charge in [-0.15, -0.1) is 0 Å². The third-order valence-electron chi connectivity index (χ3n) is 3.53. The molecular formula is C16H21N5. The van der Waals surface area contributed by atoms with Crippen molar-refractivity contribution in [3.8, 4) is 0 Å². The van der Waals surface area contributed by atoms with Crippen molar-refractivity contribution < 1.29 is 0 Å². The maximum Gasteiger partial charge on any atom is 0.227 e. The van der Waals surface area contributed by atoms with E-state index in [-0.39, 0.29) is 0 Å². The maximum absolute atomic E-state index is 4.59. The second-order valence-electron chi connectivity index (χ2n) is 5.65. The maximum atomic E-state index is 4.59. The van der Waals surface area contributed by atoms with E-state index in [2.05, 4.69) is 63.9 Å². The fraction of sp³-hybridized carbons (Fsp3) is 0.375. The van der Waals surface area contributed by atoms with Gasteiger partial charge in [-0.3, -0.25) is 0 Å². The van der Waals surface area contributed by atoms with E-state index in [1.165, 1.54) is 11.1 Å². The topological polar surface area (TPSA) is 53.1 Å². The van der Waals surface area contributed by atoms with E-state index < -0.39 is 0 Å². The Morgan fingerprint density at radius 1 is 1.24 bits per heavy atom. The molecule has 0 atom stereocenters. The van der Waals surface area contributed by atoms with Crippen LogP contribution in [0.4, 0.5) is 11.6 Å². The van der Waals surface area contributed by atoms with Crippen LogP contribution in [0.25, 0.3) is 0 Å². The van der Waals surface area contributed by atoms with Crippen molar-refractivity contribution in [2.24, 2.45) is 0 Å².